The lowest BCUT2D eigenvalue weighted by Gasteiger charge is -2.58. The van der Waals surface area contributed by atoms with E-state index < -0.39 is 0 Å². The van der Waals surface area contributed by atoms with Crippen LogP contribution in [0, 0.1) is 63.0 Å². The fourth-order valence-electron chi connectivity index (χ4n) is 11.5. The van der Waals surface area contributed by atoms with Crippen LogP contribution in [-0.4, -0.2) is 30.6 Å². The molecule has 7 unspecified atom stereocenters. The zero-order valence-electron chi connectivity index (χ0n) is 28.2. The molecule has 2 aliphatic heterocycles. The maximum Gasteiger partial charge on any atom is 0.309 e. The van der Waals surface area contributed by atoms with Crippen molar-refractivity contribution in [3.05, 3.63) is 34.0 Å². The Kier molecular flexibility index (Phi) is 9.70. The third-order valence-electron chi connectivity index (χ3n) is 14.2. The highest BCUT2D eigenvalue weighted by Crippen LogP contribution is 2.70. The van der Waals surface area contributed by atoms with Crippen molar-refractivity contribution < 1.29 is 19.0 Å². The Labute approximate surface area is 317 Å². The first-order valence-electron chi connectivity index (χ1n) is 17.9. The normalized spacial score (nSPS) is 43.7. The maximum absolute atomic E-state index is 13.6. The van der Waals surface area contributed by atoms with Gasteiger partial charge in [-0.25, -0.2) is 0 Å². The summed E-state index contributed by atoms with van der Waals surface area (Å²) in [6.45, 7) is 12.9. The summed E-state index contributed by atoms with van der Waals surface area (Å²) in [5.41, 5.74) is 10.5. The zero-order chi connectivity index (χ0) is 32.8. The Morgan fingerprint density at radius 2 is 1.87 bits per heavy atom. The average molecular weight is 968 g/mol. The van der Waals surface area contributed by atoms with Crippen molar-refractivity contribution in [3.8, 4) is 0 Å². The summed E-state index contributed by atoms with van der Waals surface area (Å²) in [4.78, 5) is 13.6. The topological polar surface area (TPSA) is 70.8 Å². The average Bonchev–Trinajstić information content (AvgIpc) is 3.47. The molecule has 2 N–H and O–H groups in total. The molecule has 1 spiro atoms. The number of nitrogen functional groups attached to an aromatic ring is 1. The molecule has 0 amide bonds. The second-order valence-electron chi connectivity index (χ2n) is 16.4. The van der Waals surface area contributed by atoms with Gasteiger partial charge in [0.2, 0.25) is 0 Å². The zero-order valence-corrected chi connectivity index (χ0v) is 34.7. The maximum atomic E-state index is 13.6. The molecule has 1 aromatic carbocycles. The molecule has 5 fully saturated rings. The largest absolute Gasteiger partial charge is 0.462 e. The minimum absolute atomic E-state index is 0.0132. The molecule has 2 heterocycles. The van der Waals surface area contributed by atoms with Crippen molar-refractivity contribution in [2.24, 2.45) is 52.3 Å². The monoisotopic (exact) mass is 967 g/mol. The highest BCUT2D eigenvalue weighted by molar-refractivity contribution is 14.1. The predicted molar refractivity (Wildman–Crippen MR) is 208 cm³/mol. The second-order valence-corrected chi connectivity index (χ2v) is 19.8. The molecule has 12 atom stereocenters. The number of ether oxygens (including phenoxy) is 3. The van der Waals surface area contributed by atoms with Gasteiger partial charge in [0, 0.05) is 29.5 Å². The summed E-state index contributed by atoms with van der Waals surface area (Å²) in [5.74, 6) is 3.36. The Hall–Kier alpha value is 0.340. The van der Waals surface area contributed by atoms with Crippen LogP contribution in [0.15, 0.2) is 17.7 Å². The number of carbonyl (C=O) groups excluding carboxylic acids is 1. The van der Waals surface area contributed by atoms with E-state index in [-0.39, 0.29) is 29.2 Å². The molecule has 0 bridgehead atoms. The number of esters is 1. The Morgan fingerprint density at radius 3 is 2.59 bits per heavy atom. The van der Waals surface area contributed by atoms with E-state index in [2.05, 4.69) is 115 Å². The van der Waals surface area contributed by atoms with Crippen molar-refractivity contribution in [1.29, 1.82) is 0 Å². The van der Waals surface area contributed by atoms with E-state index in [0.29, 0.717) is 35.7 Å². The van der Waals surface area contributed by atoms with Crippen LogP contribution in [0.1, 0.15) is 104 Å². The number of rotatable bonds is 5. The van der Waals surface area contributed by atoms with Crippen LogP contribution in [0.5, 0.6) is 0 Å². The fraction of sp³-hybridized carbons (Fsp3) is 0.763. The van der Waals surface area contributed by atoms with Gasteiger partial charge in [0.05, 0.1) is 24.3 Å². The van der Waals surface area contributed by atoms with E-state index in [1.54, 1.807) is 5.57 Å². The van der Waals surface area contributed by atoms with Crippen LogP contribution in [0.4, 0.5) is 5.69 Å². The van der Waals surface area contributed by atoms with Gasteiger partial charge >= 0.3 is 5.97 Å². The van der Waals surface area contributed by atoms with Gasteiger partial charge in [0.1, 0.15) is 6.10 Å². The number of fused-ring (bicyclic) bond motifs is 7. The van der Waals surface area contributed by atoms with Crippen molar-refractivity contribution in [2.75, 3.05) is 12.3 Å². The van der Waals surface area contributed by atoms with Crippen molar-refractivity contribution in [1.82, 2.24) is 0 Å². The molecule has 0 radical (unpaired) electrons. The number of benzene rings is 1. The summed E-state index contributed by atoms with van der Waals surface area (Å²) in [6.07, 6.45) is 14.6. The van der Waals surface area contributed by atoms with Crippen molar-refractivity contribution >= 4 is 79.4 Å². The summed E-state index contributed by atoms with van der Waals surface area (Å²) < 4.78 is 23.2. The quantitative estimate of drug-likeness (QED) is 0.138. The summed E-state index contributed by atoms with van der Waals surface area (Å²) in [7, 11) is 0. The molecule has 3 saturated carbocycles. The fourth-order valence-corrected chi connectivity index (χ4v) is 15.3. The molecule has 46 heavy (non-hydrogen) atoms. The van der Waals surface area contributed by atoms with Gasteiger partial charge in [-0.05, 0) is 178 Å². The van der Waals surface area contributed by atoms with Gasteiger partial charge in [0.15, 0.2) is 5.79 Å². The molecule has 7 rings (SSSR count). The first kappa shape index (κ1) is 34.8. The highest BCUT2D eigenvalue weighted by atomic mass is 127. The Balaban J connectivity index is 1.03. The lowest BCUT2D eigenvalue weighted by molar-refractivity contribution is -0.272. The van der Waals surface area contributed by atoms with Gasteiger partial charge < -0.3 is 19.9 Å². The van der Waals surface area contributed by atoms with Gasteiger partial charge in [0.25, 0.3) is 0 Å². The molecule has 5 nitrogen and oxygen atoms in total. The van der Waals surface area contributed by atoms with E-state index in [0.717, 1.165) is 69.3 Å². The van der Waals surface area contributed by atoms with Gasteiger partial charge in [-0.1, -0.05) is 46.3 Å². The molecule has 254 valence electrons. The van der Waals surface area contributed by atoms with E-state index in [9.17, 15) is 4.79 Å². The van der Waals surface area contributed by atoms with E-state index in [1.807, 2.05) is 0 Å². The highest BCUT2D eigenvalue weighted by Gasteiger charge is 2.68. The van der Waals surface area contributed by atoms with Crippen molar-refractivity contribution in [2.45, 2.75) is 123 Å². The molecular formula is C38H52I3NO4. The first-order chi connectivity index (χ1) is 21.8. The number of allylic oxidation sites excluding steroid dienone is 1. The molecular weight excluding hydrogens is 915 g/mol. The number of carbonyl (C=O) groups is 1. The summed E-state index contributed by atoms with van der Waals surface area (Å²) in [5, 5.41) is 0. The van der Waals surface area contributed by atoms with E-state index in [4.69, 9.17) is 19.9 Å². The van der Waals surface area contributed by atoms with Gasteiger partial charge in [-0.2, -0.15) is 0 Å². The minimum atomic E-state index is -0.338. The van der Waals surface area contributed by atoms with Crippen LogP contribution in [-0.2, 0) is 25.4 Å². The predicted octanol–water partition coefficient (Wildman–Crippen LogP) is 9.93. The molecule has 4 aliphatic carbocycles. The number of anilines is 1. The molecule has 8 heteroatoms. The summed E-state index contributed by atoms with van der Waals surface area (Å²) in [6, 6.07) is 2.12. The SMILES string of the molecule is CCC(Cc1c(I)cc(I)c(N)c1I)C(=O)O[C@H]1CC[C@@]2(C)C(=CCC3C4CC5OC6(CC[C@@H](C)CO6)[C@@H](C)C5[C@@]4(C)CCC32)C1. The van der Waals surface area contributed by atoms with E-state index >= 15 is 0 Å². The molecule has 6 aliphatic rings. The van der Waals surface area contributed by atoms with Crippen LogP contribution in [0.3, 0.4) is 0 Å². The van der Waals surface area contributed by atoms with Crippen molar-refractivity contribution in [3.63, 3.8) is 0 Å². The van der Waals surface area contributed by atoms with E-state index in [1.165, 1.54) is 41.2 Å². The Bertz CT molecular complexity index is 1410. The standard InChI is InChI=1S/C38H52I3NO4/c1-6-22(15-26-29(39)18-30(40)34(42)33(26)41)35(43)45-24-10-12-36(4)23(16-24)7-8-25-27(36)11-13-37(5)28(25)17-31-32(37)21(3)38(46-31)14-9-20(2)19-44-38/h7,18,20-22,24-25,27-28,31-32H,6,8-17,19,42H2,1-5H3/t20-,21+,22?,24+,25?,27?,28?,31?,32?,36+,37+,38?/m1/s1. The van der Waals surface area contributed by atoms with Crippen LogP contribution < -0.4 is 5.73 Å². The smallest absolute Gasteiger partial charge is 0.309 e. The molecule has 1 aromatic rings. The Morgan fingerprint density at radius 1 is 1.09 bits per heavy atom. The van der Waals surface area contributed by atoms with Gasteiger partial charge in [-0.15, -0.1) is 0 Å². The summed E-state index contributed by atoms with van der Waals surface area (Å²) >= 11 is 7.02. The first-order valence-corrected chi connectivity index (χ1v) is 21.2. The number of hydrogen-bond donors (Lipinski definition) is 1. The number of nitrogens with two attached hydrogens (primary N) is 1. The van der Waals surface area contributed by atoms with Gasteiger partial charge in [-0.3, -0.25) is 4.79 Å². The third-order valence-corrected chi connectivity index (χ3v) is 17.3. The number of halogens is 3. The van der Waals surface area contributed by atoms with Crippen LogP contribution in [0.25, 0.3) is 0 Å². The lowest BCUT2D eigenvalue weighted by Crippen LogP contribution is -2.52. The molecule has 2 saturated heterocycles. The van der Waals surface area contributed by atoms with Crippen LogP contribution >= 0.6 is 67.8 Å². The third kappa shape index (κ3) is 5.56. The van der Waals surface area contributed by atoms with Crippen LogP contribution in [0.2, 0.25) is 0 Å². The molecule has 0 aromatic heterocycles. The lowest BCUT2D eigenvalue weighted by atomic mass is 9.47. The second kappa shape index (κ2) is 12.8. The minimum Gasteiger partial charge on any atom is -0.462 e. The number of hydrogen-bond acceptors (Lipinski definition) is 5.